The van der Waals surface area contributed by atoms with Crippen LogP contribution in [0.1, 0.15) is 54.4 Å². The molecule has 98 valence electrons. The first-order valence-electron chi connectivity index (χ1n) is 6.76. The Balaban J connectivity index is 4.12. The SMILES string of the molecule is CCNC(CCN(C)C(C)CC)C(C)(C)C. The van der Waals surface area contributed by atoms with Gasteiger partial charge >= 0.3 is 0 Å². The molecule has 0 aromatic heterocycles. The fourth-order valence-corrected chi connectivity index (χ4v) is 1.95. The van der Waals surface area contributed by atoms with Crippen LogP contribution in [0.25, 0.3) is 0 Å². The van der Waals surface area contributed by atoms with Crippen LogP contribution in [0.4, 0.5) is 0 Å². The fourth-order valence-electron chi connectivity index (χ4n) is 1.95. The summed E-state index contributed by atoms with van der Waals surface area (Å²) in [4.78, 5) is 2.47. The molecule has 0 rings (SSSR count). The van der Waals surface area contributed by atoms with Gasteiger partial charge in [0, 0.05) is 12.1 Å². The van der Waals surface area contributed by atoms with Gasteiger partial charge in [0.15, 0.2) is 0 Å². The van der Waals surface area contributed by atoms with E-state index in [4.69, 9.17) is 0 Å². The van der Waals surface area contributed by atoms with Crippen molar-refractivity contribution in [1.29, 1.82) is 0 Å². The molecule has 0 aliphatic rings. The Labute approximate surface area is 103 Å². The summed E-state index contributed by atoms with van der Waals surface area (Å²) in [5, 5.41) is 3.61. The first-order valence-corrected chi connectivity index (χ1v) is 6.76. The van der Waals surface area contributed by atoms with E-state index in [1.165, 1.54) is 19.4 Å². The lowest BCUT2D eigenvalue weighted by atomic mass is 9.84. The van der Waals surface area contributed by atoms with Crippen molar-refractivity contribution in [3.05, 3.63) is 0 Å². The average Bonchev–Trinajstić information content (AvgIpc) is 2.20. The van der Waals surface area contributed by atoms with Crippen LogP contribution in [0.3, 0.4) is 0 Å². The first-order chi connectivity index (χ1) is 7.32. The third-order valence-corrected chi connectivity index (χ3v) is 3.61. The van der Waals surface area contributed by atoms with Crippen LogP contribution in [-0.4, -0.2) is 37.1 Å². The van der Waals surface area contributed by atoms with Gasteiger partial charge in [-0.3, -0.25) is 0 Å². The maximum atomic E-state index is 3.61. The van der Waals surface area contributed by atoms with Crippen molar-refractivity contribution in [2.45, 2.75) is 66.5 Å². The number of rotatable bonds is 7. The van der Waals surface area contributed by atoms with Gasteiger partial charge in [-0.25, -0.2) is 0 Å². The number of nitrogens with one attached hydrogen (secondary N) is 1. The lowest BCUT2D eigenvalue weighted by Crippen LogP contribution is -2.43. The zero-order chi connectivity index (χ0) is 12.8. The van der Waals surface area contributed by atoms with E-state index in [9.17, 15) is 0 Å². The summed E-state index contributed by atoms with van der Waals surface area (Å²) in [7, 11) is 2.24. The van der Waals surface area contributed by atoms with Crippen molar-refractivity contribution in [3.8, 4) is 0 Å². The maximum absolute atomic E-state index is 3.61. The molecule has 2 heteroatoms. The molecule has 1 N–H and O–H groups in total. The van der Waals surface area contributed by atoms with Crippen LogP contribution in [0, 0.1) is 5.41 Å². The molecule has 0 saturated carbocycles. The van der Waals surface area contributed by atoms with Gasteiger partial charge in [0.2, 0.25) is 0 Å². The molecular formula is C14H32N2. The first kappa shape index (κ1) is 15.9. The van der Waals surface area contributed by atoms with Gasteiger partial charge in [0.25, 0.3) is 0 Å². The molecule has 2 nitrogen and oxygen atoms in total. The second kappa shape index (κ2) is 7.29. The Morgan fingerprint density at radius 2 is 1.75 bits per heavy atom. The smallest absolute Gasteiger partial charge is 0.0128 e. The van der Waals surface area contributed by atoms with E-state index >= 15 is 0 Å². The summed E-state index contributed by atoms with van der Waals surface area (Å²) in [6, 6.07) is 1.31. The molecule has 0 saturated heterocycles. The molecule has 0 aliphatic heterocycles. The lowest BCUT2D eigenvalue weighted by Gasteiger charge is -2.34. The highest BCUT2D eigenvalue weighted by atomic mass is 15.1. The molecule has 0 amide bonds. The van der Waals surface area contributed by atoms with Gasteiger partial charge in [-0.05, 0) is 45.3 Å². The van der Waals surface area contributed by atoms with E-state index in [0.29, 0.717) is 17.5 Å². The topological polar surface area (TPSA) is 15.3 Å². The molecule has 2 atom stereocenters. The summed E-state index contributed by atoms with van der Waals surface area (Å²) in [6.45, 7) is 16.0. The minimum Gasteiger partial charge on any atom is -0.314 e. The van der Waals surface area contributed by atoms with Crippen LogP contribution >= 0.6 is 0 Å². The highest BCUT2D eigenvalue weighted by Gasteiger charge is 2.23. The molecular weight excluding hydrogens is 196 g/mol. The molecule has 0 aromatic carbocycles. The minimum atomic E-state index is 0.353. The zero-order valence-corrected chi connectivity index (χ0v) is 12.4. The minimum absolute atomic E-state index is 0.353. The number of hydrogen-bond donors (Lipinski definition) is 1. The molecule has 0 fully saturated rings. The summed E-state index contributed by atoms with van der Waals surface area (Å²) in [6.07, 6.45) is 2.47. The average molecular weight is 228 g/mol. The lowest BCUT2D eigenvalue weighted by molar-refractivity contribution is 0.196. The van der Waals surface area contributed by atoms with Crippen molar-refractivity contribution in [2.75, 3.05) is 20.1 Å². The van der Waals surface area contributed by atoms with Crippen LogP contribution in [0.15, 0.2) is 0 Å². The normalized spacial score (nSPS) is 16.5. The zero-order valence-electron chi connectivity index (χ0n) is 12.4. The fraction of sp³-hybridized carbons (Fsp3) is 1.00. The van der Waals surface area contributed by atoms with Crippen molar-refractivity contribution in [3.63, 3.8) is 0 Å². The van der Waals surface area contributed by atoms with Gasteiger partial charge in [0.05, 0.1) is 0 Å². The van der Waals surface area contributed by atoms with Gasteiger partial charge < -0.3 is 10.2 Å². The van der Waals surface area contributed by atoms with Crippen molar-refractivity contribution in [2.24, 2.45) is 5.41 Å². The van der Waals surface area contributed by atoms with E-state index in [1.54, 1.807) is 0 Å². The molecule has 0 heterocycles. The summed E-state index contributed by atoms with van der Waals surface area (Å²) < 4.78 is 0. The summed E-state index contributed by atoms with van der Waals surface area (Å²) >= 11 is 0. The third kappa shape index (κ3) is 5.86. The molecule has 2 unspecified atom stereocenters. The quantitative estimate of drug-likeness (QED) is 0.720. The van der Waals surface area contributed by atoms with E-state index in [1.807, 2.05) is 0 Å². The van der Waals surface area contributed by atoms with E-state index < -0.39 is 0 Å². The predicted molar refractivity (Wildman–Crippen MR) is 73.9 cm³/mol. The predicted octanol–water partition coefficient (Wildman–Crippen LogP) is 3.13. The highest BCUT2D eigenvalue weighted by Crippen LogP contribution is 2.22. The molecule has 0 aliphatic carbocycles. The van der Waals surface area contributed by atoms with Crippen LogP contribution < -0.4 is 5.32 Å². The third-order valence-electron chi connectivity index (χ3n) is 3.61. The van der Waals surface area contributed by atoms with Crippen LogP contribution in [0.5, 0.6) is 0 Å². The highest BCUT2D eigenvalue weighted by molar-refractivity contribution is 4.81. The van der Waals surface area contributed by atoms with Gasteiger partial charge in [0.1, 0.15) is 0 Å². The Hall–Kier alpha value is -0.0800. The number of nitrogens with zero attached hydrogens (tertiary/aromatic N) is 1. The Kier molecular flexibility index (Phi) is 7.25. The van der Waals surface area contributed by atoms with Gasteiger partial charge in [-0.15, -0.1) is 0 Å². The summed E-state index contributed by atoms with van der Waals surface area (Å²) in [5.41, 5.74) is 0.353. The second-order valence-corrected chi connectivity index (χ2v) is 6.00. The molecule has 0 aromatic rings. The van der Waals surface area contributed by atoms with Crippen LogP contribution in [-0.2, 0) is 0 Å². The Bertz CT molecular complexity index is 172. The van der Waals surface area contributed by atoms with E-state index in [0.717, 1.165) is 6.54 Å². The Morgan fingerprint density at radius 1 is 1.19 bits per heavy atom. The maximum Gasteiger partial charge on any atom is 0.0128 e. The second-order valence-electron chi connectivity index (χ2n) is 6.00. The monoisotopic (exact) mass is 228 g/mol. The molecule has 0 bridgehead atoms. The van der Waals surface area contributed by atoms with Gasteiger partial charge in [-0.1, -0.05) is 34.6 Å². The largest absolute Gasteiger partial charge is 0.314 e. The Morgan fingerprint density at radius 3 is 2.12 bits per heavy atom. The molecule has 0 spiro atoms. The van der Waals surface area contributed by atoms with Crippen molar-refractivity contribution >= 4 is 0 Å². The molecule has 16 heavy (non-hydrogen) atoms. The van der Waals surface area contributed by atoms with Crippen LogP contribution in [0.2, 0.25) is 0 Å². The van der Waals surface area contributed by atoms with Crippen molar-refractivity contribution < 1.29 is 0 Å². The standard InChI is InChI=1S/C14H32N2/c1-8-12(3)16(7)11-10-13(15-9-2)14(4,5)6/h12-13,15H,8-11H2,1-7H3. The van der Waals surface area contributed by atoms with E-state index in [2.05, 4.69) is 58.8 Å². The van der Waals surface area contributed by atoms with Gasteiger partial charge in [-0.2, -0.15) is 0 Å². The van der Waals surface area contributed by atoms with Crippen molar-refractivity contribution in [1.82, 2.24) is 10.2 Å². The summed E-state index contributed by atoms with van der Waals surface area (Å²) in [5.74, 6) is 0. The number of hydrogen-bond acceptors (Lipinski definition) is 2. The van der Waals surface area contributed by atoms with E-state index in [-0.39, 0.29) is 0 Å². The molecule has 0 radical (unpaired) electrons.